The predicted molar refractivity (Wildman–Crippen MR) is 120 cm³/mol. The number of nitrogens with zero attached hydrogens (tertiary/aromatic N) is 3. The average molecular weight is 453 g/mol. The quantitative estimate of drug-likeness (QED) is 0.582. The Balaban J connectivity index is 0.000000331. The van der Waals surface area contributed by atoms with Crippen molar-refractivity contribution >= 4 is 28.7 Å². The molecule has 0 saturated carbocycles. The van der Waals surface area contributed by atoms with Gasteiger partial charge in [-0.2, -0.15) is 9.78 Å². The number of halogens is 1. The molecule has 33 heavy (non-hydrogen) atoms. The zero-order valence-corrected chi connectivity index (χ0v) is 18.0. The highest BCUT2D eigenvalue weighted by Gasteiger charge is 2.25. The second-order valence-corrected chi connectivity index (χ2v) is 7.72. The van der Waals surface area contributed by atoms with Crippen LogP contribution in [0.1, 0.15) is 34.8 Å². The summed E-state index contributed by atoms with van der Waals surface area (Å²) in [4.78, 5) is 34.3. The number of carbonyl (C=O) groups excluding carboxylic acids is 1. The van der Waals surface area contributed by atoms with Crippen molar-refractivity contribution in [3.63, 3.8) is 0 Å². The number of likely N-dealkylation sites (tertiary alicyclic amines) is 1. The molecule has 0 radical (unpaired) electrons. The zero-order valence-electron chi connectivity index (χ0n) is 18.0. The van der Waals surface area contributed by atoms with E-state index in [-0.39, 0.29) is 11.7 Å². The van der Waals surface area contributed by atoms with Gasteiger partial charge in [0.25, 0.3) is 5.91 Å². The van der Waals surface area contributed by atoms with E-state index in [1.165, 1.54) is 16.8 Å². The molecule has 172 valence electrons. The molecule has 0 unspecified atom stereocenters. The molecular weight excluding hydrogens is 429 g/mol. The first kappa shape index (κ1) is 23.8. The number of fused-ring (bicyclic) bond motifs is 1. The highest BCUT2D eigenvalue weighted by atomic mass is 19.1. The minimum absolute atomic E-state index is 0.227. The van der Waals surface area contributed by atoms with E-state index in [2.05, 4.69) is 17.0 Å². The van der Waals surface area contributed by atoms with Crippen LogP contribution in [-0.4, -0.2) is 62.9 Å². The lowest BCUT2D eigenvalue weighted by Crippen LogP contribution is -2.29. The van der Waals surface area contributed by atoms with Gasteiger partial charge in [0.15, 0.2) is 0 Å². The second kappa shape index (κ2) is 10.6. The fraction of sp³-hybridized carbons (Fsp3) is 0.250. The first-order valence-corrected chi connectivity index (χ1v) is 10.4. The van der Waals surface area contributed by atoms with Gasteiger partial charge >= 0.3 is 11.9 Å². The number of carboxylic acid groups (broad SMARTS) is 2. The Morgan fingerprint density at radius 3 is 2.18 bits per heavy atom. The van der Waals surface area contributed by atoms with Gasteiger partial charge in [0.2, 0.25) is 0 Å². The molecule has 0 bridgehead atoms. The Morgan fingerprint density at radius 2 is 1.61 bits per heavy atom. The zero-order chi connectivity index (χ0) is 24.0. The van der Waals surface area contributed by atoms with Gasteiger partial charge in [0.1, 0.15) is 5.82 Å². The van der Waals surface area contributed by atoms with E-state index < -0.39 is 11.9 Å². The molecule has 0 atom stereocenters. The van der Waals surface area contributed by atoms with Crippen LogP contribution in [-0.2, 0) is 9.59 Å². The number of piperidine rings is 1. The predicted octanol–water partition coefficient (Wildman–Crippen LogP) is 3.38. The van der Waals surface area contributed by atoms with E-state index in [1.807, 2.05) is 18.2 Å². The number of carboxylic acids is 2. The van der Waals surface area contributed by atoms with Crippen molar-refractivity contribution in [1.29, 1.82) is 0 Å². The molecule has 0 spiro atoms. The van der Waals surface area contributed by atoms with E-state index in [0.29, 0.717) is 29.2 Å². The van der Waals surface area contributed by atoms with Crippen molar-refractivity contribution in [1.82, 2.24) is 14.7 Å². The molecule has 2 heterocycles. The Kier molecular flexibility index (Phi) is 7.68. The van der Waals surface area contributed by atoms with E-state index >= 15 is 0 Å². The summed E-state index contributed by atoms with van der Waals surface area (Å²) < 4.78 is 15.2. The summed E-state index contributed by atoms with van der Waals surface area (Å²) in [5.41, 5.74) is 2.00. The Labute approximate surface area is 189 Å². The number of hydrogen-bond donors (Lipinski definition) is 2. The monoisotopic (exact) mass is 453 g/mol. The largest absolute Gasteiger partial charge is 0.478 e. The number of rotatable bonds is 4. The number of benzene rings is 2. The molecule has 2 N–H and O–H groups in total. The third-order valence-corrected chi connectivity index (χ3v) is 5.36. The summed E-state index contributed by atoms with van der Waals surface area (Å²) in [5.74, 6) is -2.80. The molecule has 1 aliphatic heterocycles. The van der Waals surface area contributed by atoms with Crippen LogP contribution in [0.2, 0.25) is 0 Å². The molecule has 8 nitrogen and oxygen atoms in total. The summed E-state index contributed by atoms with van der Waals surface area (Å²) in [6.45, 7) is 2.01. The van der Waals surface area contributed by atoms with Crippen LogP contribution in [0.25, 0.3) is 10.9 Å². The summed E-state index contributed by atoms with van der Waals surface area (Å²) in [6.07, 6.45) is 3.11. The second-order valence-electron chi connectivity index (χ2n) is 7.72. The third kappa shape index (κ3) is 6.11. The number of hydrogen-bond acceptors (Lipinski definition) is 5. The summed E-state index contributed by atoms with van der Waals surface area (Å²) in [5, 5.41) is 21.1. The summed E-state index contributed by atoms with van der Waals surface area (Å²) in [6, 6.07) is 13.6. The molecule has 1 fully saturated rings. The number of carbonyl (C=O) groups is 3. The van der Waals surface area contributed by atoms with E-state index in [9.17, 15) is 18.8 Å². The number of aromatic nitrogens is 2. The van der Waals surface area contributed by atoms with Crippen LogP contribution in [0, 0.1) is 5.82 Å². The fourth-order valence-corrected chi connectivity index (χ4v) is 3.70. The van der Waals surface area contributed by atoms with Gasteiger partial charge in [-0.1, -0.05) is 18.2 Å². The summed E-state index contributed by atoms with van der Waals surface area (Å²) in [7, 11) is 2.11. The smallest absolute Gasteiger partial charge is 0.328 e. The van der Waals surface area contributed by atoms with Crippen molar-refractivity contribution < 1.29 is 29.0 Å². The molecule has 9 heteroatoms. The van der Waals surface area contributed by atoms with E-state index in [0.717, 1.165) is 37.0 Å². The molecular formula is C24H24FN3O5. The van der Waals surface area contributed by atoms with Crippen molar-refractivity contribution in [3.8, 4) is 0 Å². The lowest BCUT2D eigenvalue weighted by atomic mass is 9.92. The lowest BCUT2D eigenvalue weighted by Gasteiger charge is -2.28. The highest BCUT2D eigenvalue weighted by molar-refractivity contribution is 6.01. The van der Waals surface area contributed by atoms with E-state index in [4.69, 9.17) is 10.2 Å². The van der Waals surface area contributed by atoms with Crippen LogP contribution in [0.3, 0.4) is 0 Å². The Morgan fingerprint density at radius 1 is 1.00 bits per heavy atom. The van der Waals surface area contributed by atoms with Gasteiger partial charge in [0, 0.05) is 35.1 Å². The van der Waals surface area contributed by atoms with Gasteiger partial charge < -0.3 is 15.1 Å². The SMILES string of the molecule is CN1CCC(c2nn(C(=O)c3ccccc3)c3cc(F)ccc23)CC1.O=C(O)/C=C/C(=O)O. The molecule has 3 aromatic rings. The molecule has 1 saturated heterocycles. The Hall–Kier alpha value is -3.85. The van der Waals surface area contributed by atoms with Gasteiger partial charge in [-0.15, -0.1) is 0 Å². The minimum Gasteiger partial charge on any atom is -0.478 e. The van der Waals surface area contributed by atoms with Crippen molar-refractivity contribution in [2.24, 2.45) is 0 Å². The van der Waals surface area contributed by atoms with Crippen molar-refractivity contribution in [2.75, 3.05) is 20.1 Å². The molecule has 1 aromatic heterocycles. The topological polar surface area (TPSA) is 113 Å². The van der Waals surface area contributed by atoms with E-state index in [1.54, 1.807) is 18.2 Å². The first-order chi connectivity index (χ1) is 15.8. The van der Waals surface area contributed by atoms with Crippen LogP contribution < -0.4 is 0 Å². The third-order valence-electron chi connectivity index (χ3n) is 5.36. The van der Waals surface area contributed by atoms with Crippen molar-refractivity contribution in [2.45, 2.75) is 18.8 Å². The van der Waals surface area contributed by atoms with Crippen LogP contribution in [0.4, 0.5) is 4.39 Å². The maximum absolute atomic E-state index is 13.8. The van der Waals surface area contributed by atoms with Crippen LogP contribution in [0.15, 0.2) is 60.7 Å². The maximum atomic E-state index is 13.8. The number of aliphatic carboxylic acids is 2. The molecule has 0 amide bonds. The van der Waals surface area contributed by atoms with Crippen LogP contribution >= 0.6 is 0 Å². The Bertz CT molecular complexity index is 1170. The normalized spacial score (nSPS) is 14.7. The van der Waals surface area contributed by atoms with Gasteiger partial charge in [-0.3, -0.25) is 4.79 Å². The lowest BCUT2D eigenvalue weighted by molar-refractivity contribution is -0.134. The van der Waals surface area contributed by atoms with Crippen molar-refractivity contribution in [3.05, 3.63) is 77.8 Å². The fourth-order valence-electron chi connectivity index (χ4n) is 3.70. The van der Waals surface area contributed by atoms with Crippen LogP contribution in [0.5, 0.6) is 0 Å². The average Bonchev–Trinajstić information content (AvgIpc) is 3.17. The van der Waals surface area contributed by atoms with Gasteiger partial charge in [0.05, 0.1) is 11.2 Å². The molecule has 4 rings (SSSR count). The molecule has 1 aliphatic rings. The molecule has 2 aromatic carbocycles. The first-order valence-electron chi connectivity index (χ1n) is 10.4. The van der Waals surface area contributed by atoms with Gasteiger partial charge in [-0.25, -0.2) is 14.0 Å². The highest BCUT2D eigenvalue weighted by Crippen LogP contribution is 2.32. The molecule has 0 aliphatic carbocycles. The minimum atomic E-state index is -1.26. The summed E-state index contributed by atoms with van der Waals surface area (Å²) >= 11 is 0. The van der Waals surface area contributed by atoms with Gasteiger partial charge in [-0.05, 0) is 57.2 Å². The maximum Gasteiger partial charge on any atom is 0.328 e. The standard InChI is InChI=1S/C20H20FN3O.C4H4O4/c1-23-11-9-14(10-12-23)19-17-8-7-16(21)13-18(17)24(22-19)20(25)15-5-3-2-4-6-15;5-3(6)1-2-4(7)8/h2-8,13-14H,9-12H2,1H3;1-2H,(H,5,6)(H,7,8)/b;2-1+.